The van der Waals surface area contributed by atoms with Crippen molar-refractivity contribution in [2.75, 3.05) is 40.5 Å². The minimum atomic E-state index is -0.354. The van der Waals surface area contributed by atoms with Crippen molar-refractivity contribution in [2.45, 2.75) is 51.6 Å². The zero-order valence-electron chi connectivity index (χ0n) is 17.3. The Bertz CT molecular complexity index is 623. The van der Waals surface area contributed by atoms with E-state index in [1.165, 1.54) is 17.5 Å². The Balaban J connectivity index is 1.82. The second-order valence-electron chi connectivity index (χ2n) is 8.37. The monoisotopic (exact) mass is 377 g/mol. The van der Waals surface area contributed by atoms with Gasteiger partial charge >= 0.3 is 0 Å². The van der Waals surface area contributed by atoms with Gasteiger partial charge in [0.15, 0.2) is 11.5 Å². The lowest BCUT2D eigenvalue weighted by molar-refractivity contribution is 0.0641. The van der Waals surface area contributed by atoms with Crippen LogP contribution in [0, 0.1) is 11.8 Å². The molecule has 0 spiro atoms. The van der Waals surface area contributed by atoms with Crippen LogP contribution in [0.5, 0.6) is 11.5 Å². The van der Waals surface area contributed by atoms with Gasteiger partial charge in [-0.05, 0) is 61.4 Å². The third-order valence-electron chi connectivity index (χ3n) is 6.09. The highest BCUT2D eigenvalue weighted by Crippen LogP contribution is 2.43. The molecule has 5 heteroatoms. The third kappa shape index (κ3) is 4.57. The Labute approximate surface area is 163 Å². The number of hydrogen-bond acceptors (Lipinski definition) is 4. The van der Waals surface area contributed by atoms with E-state index in [2.05, 4.69) is 43.2 Å². The first-order valence-electron chi connectivity index (χ1n) is 10.4. The second kappa shape index (κ2) is 9.24. The van der Waals surface area contributed by atoms with Crippen molar-refractivity contribution >= 4 is 0 Å². The molecule has 4 nitrogen and oxygen atoms in total. The van der Waals surface area contributed by atoms with Crippen molar-refractivity contribution in [3.05, 3.63) is 23.3 Å². The minimum Gasteiger partial charge on any atom is -0.493 e. The molecule has 2 aliphatic heterocycles. The molecule has 1 fully saturated rings. The molecule has 3 rings (SSSR count). The lowest BCUT2D eigenvalue weighted by Crippen LogP contribution is -2.52. The molecule has 2 heterocycles. The number of rotatable bonds is 8. The van der Waals surface area contributed by atoms with Crippen molar-refractivity contribution in [1.82, 2.24) is 10.2 Å². The summed E-state index contributed by atoms with van der Waals surface area (Å²) in [6, 6.07) is 5.26. The van der Waals surface area contributed by atoms with Gasteiger partial charge in [-0.15, -0.1) is 0 Å². The molecule has 1 N–H and O–H groups in total. The molecule has 152 valence electrons. The van der Waals surface area contributed by atoms with Crippen LogP contribution in [0.25, 0.3) is 0 Å². The zero-order valence-corrected chi connectivity index (χ0v) is 17.3. The topological polar surface area (TPSA) is 33.7 Å². The number of hydrogen-bond donors (Lipinski definition) is 1. The molecule has 1 saturated heterocycles. The fourth-order valence-corrected chi connectivity index (χ4v) is 4.82. The molecule has 3 atom stereocenters. The Kier molecular flexibility index (Phi) is 6.99. The van der Waals surface area contributed by atoms with E-state index in [4.69, 9.17) is 9.47 Å². The van der Waals surface area contributed by atoms with Gasteiger partial charge < -0.3 is 14.8 Å². The molecule has 0 bridgehead atoms. The average Bonchev–Trinajstić information content (AvgIpc) is 2.66. The van der Waals surface area contributed by atoms with Crippen LogP contribution in [0.2, 0.25) is 0 Å². The SMILES string of the molecule is CN[C@@H]1C[C@@H]2c3cc(OC)c(OCCC[18F])cc3CCN2C[C@H]1CC(C)C. The maximum Gasteiger partial charge on any atom is 0.161 e. The van der Waals surface area contributed by atoms with Gasteiger partial charge in [-0.1, -0.05) is 13.8 Å². The molecule has 0 saturated carbocycles. The highest BCUT2D eigenvalue weighted by Gasteiger charge is 2.38. The second-order valence-corrected chi connectivity index (χ2v) is 8.37. The van der Waals surface area contributed by atoms with E-state index in [1.54, 1.807) is 7.11 Å². The average molecular weight is 378 g/mol. The van der Waals surface area contributed by atoms with Crippen molar-refractivity contribution < 1.29 is 13.9 Å². The number of ether oxygens (including phenoxy) is 2. The Morgan fingerprint density at radius 1 is 1.30 bits per heavy atom. The van der Waals surface area contributed by atoms with Gasteiger partial charge in [0, 0.05) is 31.6 Å². The number of methoxy groups -OCH3 is 1. The summed E-state index contributed by atoms with van der Waals surface area (Å²) < 4.78 is 23.8. The van der Waals surface area contributed by atoms with Crippen molar-refractivity contribution in [3.63, 3.8) is 0 Å². The molecule has 0 aromatic heterocycles. The number of fused-ring (bicyclic) bond motifs is 3. The molecule has 1 aromatic rings. The molecule has 0 amide bonds. The molecular formula is C22H35FN2O2. The number of halogens is 1. The molecule has 27 heavy (non-hydrogen) atoms. The normalized spacial score (nSPS) is 25.2. The molecule has 1 aromatic carbocycles. The van der Waals surface area contributed by atoms with E-state index in [1.807, 2.05) is 0 Å². The quantitative estimate of drug-likeness (QED) is 0.695. The standard InChI is InChI=1S/C22H35FN2O2/c1-15(2)10-17-14-25-8-6-16-11-22(27-9-5-7-23)21(26-4)12-18(16)20(25)13-19(17)24-3/h11-12,15,17,19-20,24H,5-10,13-14H2,1-4H3/t17-,19-,20-/m1/s1/i23-1. The summed E-state index contributed by atoms with van der Waals surface area (Å²) in [6.45, 7) is 6.93. The number of nitrogens with one attached hydrogen (secondary N) is 1. The smallest absolute Gasteiger partial charge is 0.161 e. The maximum atomic E-state index is 12.4. The van der Waals surface area contributed by atoms with Gasteiger partial charge in [0.1, 0.15) is 0 Å². The number of piperidine rings is 1. The molecule has 0 aliphatic carbocycles. The molecule has 2 aliphatic rings. The highest BCUT2D eigenvalue weighted by atomic mass is 18.2. The fourth-order valence-electron chi connectivity index (χ4n) is 4.82. The van der Waals surface area contributed by atoms with Gasteiger partial charge in [0.2, 0.25) is 0 Å². The van der Waals surface area contributed by atoms with E-state index in [-0.39, 0.29) is 6.67 Å². The first kappa shape index (κ1) is 20.4. The lowest BCUT2D eigenvalue weighted by Gasteiger charge is -2.47. The summed E-state index contributed by atoms with van der Waals surface area (Å²) in [7, 11) is 3.78. The largest absolute Gasteiger partial charge is 0.493 e. The number of benzene rings is 1. The van der Waals surface area contributed by atoms with E-state index in [0.29, 0.717) is 31.0 Å². The van der Waals surface area contributed by atoms with Crippen LogP contribution in [0.15, 0.2) is 12.1 Å². The van der Waals surface area contributed by atoms with E-state index >= 15 is 0 Å². The van der Waals surface area contributed by atoms with E-state index in [0.717, 1.165) is 43.3 Å². The summed E-state index contributed by atoms with van der Waals surface area (Å²) in [5.74, 6) is 2.94. The van der Waals surface area contributed by atoms with Crippen LogP contribution in [0.4, 0.5) is 4.39 Å². The maximum absolute atomic E-state index is 12.4. The van der Waals surface area contributed by atoms with Gasteiger partial charge in [-0.25, -0.2) is 0 Å². The Morgan fingerprint density at radius 3 is 2.78 bits per heavy atom. The first-order valence-corrected chi connectivity index (χ1v) is 10.4. The predicted octanol–water partition coefficient (Wildman–Crippen LogP) is 3.99. The van der Waals surface area contributed by atoms with Crippen molar-refractivity contribution in [1.29, 1.82) is 0 Å². The fraction of sp³-hybridized carbons (Fsp3) is 0.727. The van der Waals surface area contributed by atoms with E-state index < -0.39 is 0 Å². The lowest BCUT2D eigenvalue weighted by atomic mass is 9.78. The van der Waals surface area contributed by atoms with Crippen LogP contribution < -0.4 is 14.8 Å². The zero-order chi connectivity index (χ0) is 19.4. The summed E-state index contributed by atoms with van der Waals surface area (Å²) >= 11 is 0. The van der Waals surface area contributed by atoms with Crippen LogP contribution in [-0.2, 0) is 6.42 Å². The number of nitrogens with zero attached hydrogens (tertiary/aromatic N) is 1. The summed E-state index contributed by atoms with van der Waals surface area (Å²) in [5.41, 5.74) is 2.73. The van der Waals surface area contributed by atoms with Crippen molar-refractivity contribution in [2.24, 2.45) is 11.8 Å². The van der Waals surface area contributed by atoms with Crippen LogP contribution in [0.1, 0.15) is 50.3 Å². The summed E-state index contributed by atoms with van der Waals surface area (Å²) in [4.78, 5) is 2.66. The van der Waals surface area contributed by atoms with E-state index in [9.17, 15) is 4.39 Å². The van der Waals surface area contributed by atoms with Crippen LogP contribution in [-0.4, -0.2) is 51.5 Å². The summed E-state index contributed by atoms with van der Waals surface area (Å²) in [5, 5.41) is 3.58. The van der Waals surface area contributed by atoms with Gasteiger partial charge in [-0.2, -0.15) is 0 Å². The third-order valence-corrected chi connectivity index (χ3v) is 6.09. The van der Waals surface area contributed by atoms with Gasteiger partial charge in [-0.3, -0.25) is 9.29 Å². The Hall–Kier alpha value is -1.33. The Morgan fingerprint density at radius 2 is 2.11 bits per heavy atom. The van der Waals surface area contributed by atoms with Crippen molar-refractivity contribution in [3.8, 4) is 11.5 Å². The van der Waals surface area contributed by atoms with Crippen LogP contribution >= 0.6 is 0 Å². The molecular weight excluding hydrogens is 342 g/mol. The minimum absolute atomic E-state index is 0.354. The highest BCUT2D eigenvalue weighted by molar-refractivity contribution is 5.49. The van der Waals surface area contributed by atoms with Gasteiger partial charge in [0.25, 0.3) is 0 Å². The number of alkyl halides is 1. The first-order chi connectivity index (χ1) is 13.1. The molecule has 0 unspecified atom stereocenters. The molecule has 0 radical (unpaired) electrons. The van der Waals surface area contributed by atoms with Gasteiger partial charge in [0.05, 0.1) is 20.4 Å². The predicted molar refractivity (Wildman–Crippen MR) is 108 cm³/mol. The summed E-state index contributed by atoms with van der Waals surface area (Å²) in [6.07, 6.45) is 3.85. The van der Waals surface area contributed by atoms with Crippen LogP contribution in [0.3, 0.4) is 0 Å².